The van der Waals surface area contributed by atoms with E-state index in [1.54, 1.807) is 55.1 Å². The Morgan fingerprint density at radius 3 is 2.45 bits per heavy atom. The van der Waals surface area contributed by atoms with Crippen LogP contribution in [0.4, 0.5) is 35.9 Å². The standard InChI is InChI=1S/C41H44ClF3N8O5S.ClH/c1-5-25-16-31(53-39(59)52(38(57)40(53,3)4)30-7-6-26(21-46)32(20-30)41(43,44)45)8-10-34(25)58-15-14-50-12-13-51(24(2)22-50)23-36(55)48-29-18-27(42)17-28(19-29)47-33-9-11-35(54)49-37(33)56;/h6-8,10,16-20,24,33,47H,5,9,11-15,22-23H2,1-4H3,(H,48,55)(H,49,54,56);1H. The van der Waals surface area contributed by atoms with Crippen LogP contribution in [0, 0.1) is 11.3 Å². The molecular formula is C41H45Cl2F3N8O5S. The van der Waals surface area contributed by atoms with Crippen LogP contribution in [0.5, 0.6) is 5.75 Å². The smallest absolute Gasteiger partial charge is 0.417 e. The number of benzene rings is 3. The predicted octanol–water partition coefficient (Wildman–Crippen LogP) is 6.37. The quantitative estimate of drug-likeness (QED) is 0.138. The maximum absolute atomic E-state index is 13.8. The van der Waals surface area contributed by atoms with Crippen molar-refractivity contribution in [3.63, 3.8) is 0 Å². The lowest BCUT2D eigenvalue weighted by Gasteiger charge is -2.39. The number of nitriles is 1. The molecule has 13 nitrogen and oxygen atoms in total. The van der Waals surface area contributed by atoms with Crippen molar-refractivity contribution in [1.82, 2.24) is 15.1 Å². The fourth-order valence-electron chi connectivity index (χ4n) is 7.54. The average Bonchev–Trinajstić information content (AvgIpc) is 3.34. The summed E-state index contributed by atoms with van der Waals surface area (Å²) in [6, 6.07) is 14.6. The zero-order chi connectivity index (χ0) is 42.8. The number of carbonyl (C=O) groups is 4. The van der Waals surface area contributed by atoms with E-state index in [2.05, 4.69) is 32.7 Å². The summed E-state index contributed by atoms with van der Waals surface area (Å²) in [6.45, 7) is 10.6. The molecule has 6 rings (SSSR count). The maximum Gasteiger partial charge on any atom is 0.417 e. The Balaban J connectivity index is 0.00000683. The molecule has 2 unspecified atom stereocenters. The molecule has 0 bridgehead atoms. The molecule has 320 valence electrons. The number of nitrogens with one attached hydrogen (secondary N) is 3. The van der Waals surface area contributed by atoms with E-state index in [0.29, 0.717) is 73.5 Å². The van der Waals surface area contributed by atoms with Gasteiger partial charge in [0.25, 0.3) is 5.91 Å². The summed E-state index contributed by atoms with van der Waals surface area (Å²) in [5.74, 6) is -0.781. The number of carbonyl (C=O) groups excluding carboxylic acids is 4. The highest BCUT2D eigenvalue weighted by molar-refractivity contribution is 7.81. The number of thiocarbonyl (C=S) groups is 1. The number of imide groups is 1. The Kier molecular flexibility index (Phi) is 14.4. The van der Waals surface area contributed by atoms with E-state index in [0.717, 1.165) is 22.6 Å². The van der Waals surface area contributed by atoms with Crippen molar-refractivity contribution in [3.8, 4) is 11.8 Å². The monoisotopic (exact) mass is 888 g/mol. The molecule has 3 aromatic carbocycles. The summed E-state index contributed by atoms with van der Waals surface area (Å²) in [5, 5.41) is 17.9. The van der Waals surface area contributed by atoms with Crippen LogP contribution in [0.1, 0.15) is 57.2 Å². The van der Waals surface area contributed by atoms with Crippen molar-refractivity contribution in [2.24, 2.45) is 0 Å². The highest BCUT2D eigenvalue weighted by Crippen LogP contribution is 2.40. The summed E-state index contributed by atoms with van der Waals surface area (Å²) < 4.78 is 47.6. The van der Waals surface area contributed by atoms with Crippen LogP contribution in [-0.4, -0.2) is 95.5 Å². The molecule has 60 heavy (non-hydrogen) atoms. The van der Waals surface area contributed by atoms with Gasteiger partial charge in [0.1, 0.15) is 23.9 Å². The van der Waals surface area contributed by atoms with Gasteiger partial charge in [0, 0.05) is 60.7 Å². The van der Waals surface area contributed by atoms with Gasteiger partial charge in [0.15, 0.2) is 5.11 Å². The number of rotatable bonds is 12. The van der Waals surface area contributed by atoms with Crippen LogP contribution in [0.2, 0.25) is 5.02 Å². The highest BCUT2D eigenvalue weighted by Gasteiger charge is 2.51. The predicted molar refractivity (Wildman–Crippen MR) is 229 cm³/mol. The largest absolute Gasteiger partial charge is 0.492 e. The number of alkyl halides is 3. The zero-order valence-corrected chi connectivity index (χ0v) is 35.7. The number of hydrogen-bond donors (Lipinski definition) is 3. The molecule has 0 radical (unpaired) electrons. The molecule has 0 aliphatic carbocycles. The molecule has 3 heterocycles. The molecule has 0 saturated carbocycles. The molecule has 0 aromatic heterocycles. The van der Waals surface area contributed by atoms with Gasteiger partial charge in [-0.05, 0) is 106 Å². The molecule has 4 amide bonds. The Morgan fingerprint density at radius 1 is 1.07 bits per heavy atom. The first-order valence-electron chi connectivity index (χ1n) is 19.1. The number of ether oxygens (including phenoxy) is 1. The summed E-state index contributed by atoms with van der Waals surface area (Å²) in [4.78, 5) is 57.5. The number of piperazine rings is 1. The highest BCUT2D eigenvalue weighted by atomic mass is 35.5. The molecular weight excluding hydrogens is 844 g/mol. The van der Waals surface area contributed by atoms with Gasteiger partial charge in [0.2, 0.25) is 17.7 Å². The van der Waals surface area contributed by atoms with Gasteiger partial charge < -0.3 is 20.3 Å². The molecule has 2 atom stereocenters. The Hall–Kier alpha value is -4.99. The summed E-state index contributed by atoms with van der Waals surface area (Å²) in [6.07, 6.45) is -3.62. The number of aryl methyl sites for hydroxylation is 1. The van der Waals surface area contributed by atoms with E-state index in [1.807, 2.05) is 13.0 Å². The SMILES string of the molecule is CCc1cc(N2C(=S)N(c3ccc(C#N)c(C(F)(F)F)c3)C(=O)C2(C)C)ccc1OCCN1CCN(CC(=O)Nc2cc(Cl)cc(NC3CCC(=O)NC3=O)c2)C(C)C1.Cl. The molecule has 3 N–H and O–H groups in total. The van der Waals surface area contributed by atoms with Crippen LogP contribution in [0.3, 0.4) is 0 Å². The maximum atomic E-state index is 13.8. The minimum Gasteiger partial charge on any atom is -0.492 e. The van der Waals surface area contributed by atoms with Crippen molar-refractivity contribution < 1.29 is 37.1 Å². The van der Waals surface area contributed by atoms with E-state index in [4.69, 9.17) is 28.6 Å². The van der Waals surface area contributed by atoms with Crippen molar-refractivity contribution >= 4 is 87.7 Å². The molecule has 3 aliphatic heterocycles. The van der Waals surface area contributed by atoms with Crippen LogP contribution in [0.15, 0.2) is 54.6 Å². The van der Waals surface area contributed by atoms with Crippen molar-refractivity contribution in [1.29, 1.82) is 5.26 Å². The van der Waals surface area contributed by atoms with E-state index in [-0.39, 0.29) is 54.0 Å². The van der Waals surface area contributed by atoms with E-state index >= 15 is 0 Å². The number of piperidine rings is 1. The summed E-state index contributed by atoms with van der Waals surface area (Å²) >= 11 is 12.0. The van der Waals surface area contributed by atoms with Crippen molar-refractivity contribution in [2.75, 3.05) is 59.8 Å². The first-order chi connectivity index (χ1) is 27.9. The number of anilines is 4. The lowest BCUT2D eigenvalue weighted by atomic mass is 10.0. The van der Waals surface area contributed by atoms with Crippen molar-refractivity contribution in [3.05, 3.63) is 76.3 Å². The molecule has 0 spiro atoms. The fraction of sp³-hybridized carbons (Fsp3) is 0.415. The minimum absolute atomic E-state index is 0. The number of amides is 4. The fourth-order valence-corrected chi connectivity index (χ4v) is 8.29. The van der Waals surface area contributed by atoms with Gasteiger partial charge in [-0.1, -0.05) is 18.5 Å². The normalized spacial score (nSPS) is 19.7. The number of hydrogen-bond acceptors (Lipinski definition) is 10. The first-order valence-corrected chi connectivity index (χ1v) is 19.9. The second-order valence-electron chi connectivity index (χ2n) is 15.2. The molecule has 3 saturated heterocycles. The molecule has 3 aromatic rings. The first kappa shape index (κ1) is 46.1. The minimum atomic E-state index is -4.80. The van der Waals surface area contributed by atoms with Crippen LogP contribution in [-0.2, 0) is 31.8 Å². The third-order valence-electron chi connectivity index (χ3n) is 10.7. The molecule has 3 fully saturated rings. The number of halogens is 5. The van der Waals surface area contributed by atoms with Gasteiger partial charge in [-0.25, -0.2) is 0 Å². The van der Waals surface area contributed by atoms with Gasteiger partial charge in [-0.2, -0.15) is 18.4 Å². The van der Waals surface area contributed by atoms with Crippen LogP contribution < -0.4 is 30.5 Å². The second-order valence-corrected chi connectivity index (χ2v) is 16.0. The van der Waals surface area contributed by atoms with E-state index < -0.39 is 40.7 Å². The summed E-state index contributed by atoms with van der Waals surface area (Å²) in [5.41, 5.74) is -0.543. The van der Waals surface area contributed by atoms with Crippen LogP contribution >= 0.6 is 36.2 Å². The topological polar surface area (TPSA) is 150 Å². The second kappa shape index (κ2) is 18.7. The lowest BCUT2D eigenvalue weighted by molar-refractivity contribution is -0.138. The van der Waals surface area contributed by atoms with Crippen molar-refractivity contribution in [2.45, 2.75) is 70.8 Å². The van der Waals surface area contributed by atoms with Gasteiger partial charge in [-0.15, -0.1) is 12.4 Å². The van der Waals surface area contributed by atoms with Crippen LogP contribution in [0.25, 0.3) is 0 Å². The average molecular weight is 890 g/mol. The number of nitrogens with zero attached hydrogens (tertiary/aromatic N) is 5. The zero-order valence-electron chi connectivity index (χ0n) is 33.3. The van der Waals surface area contributed by atoms with Gasteiger partial charge in [-0.3, -0.25) is 39.2 Å². The Labute approximate surface area is 362 Å². The van der Waals surface area contributed by atoms with Gasteiger partial charge in [0.05, 0.1) is 29.4 Å². The van der Waals surface area contributed by atoms with Gasteiger partial charge >= 0.3 is 6.18 Å². The lowest BCUT2D eigenvalue weighted by Crippen LogP contribution is -2.54. The summed E-state index contributed by atoms with van der Waals surface area (Å²) in [7, 11) is 0. The third kappa shape index (κ3) is 10.1. The van der Waals surface area contributed by atoms with E-state index in [9.17, 15) is 37.6 Å². The molecule has 19 heteroatoms. The molecule has 3 aliphatic rings. The Morgan fingerprint density at radius 2 is 1.78 bits per heavy atom. The third-order valence-corrected chi connectivity index (χ3v) is 11.2. The Bertz CT molecular complexity index is 2220. The van der Waals surface area contributed by atoms with E-state index in [1.165, 1.54) is 6.07 Å².